The van der Waals surface area contributed by atoms with Crippen LogP contribution >= 0.6 is 0 Å². The van der Waals surface area contributed by atoms with Gasteiger partial charge >= 0.3 is 0 Å². The Hall–Kier alpha value is -1.68. The van der Waals surface area contributed by atoms with Crippen LogP contribution in [0.1, 0.15) is 94.9 Å². The molecule has 0 bridgehead atoms. The number of aryl methyl sites for hydroxylation is 2. The molecule has 3 fully saturated rings. The zero-order valence-electron chi connectivity index (χ0n) is 24.4. The predicted octanol–water partition coefficient (Wildman–Crippen LogP) is 8.72. The Morgan fingerprint density at radius 2 is 1.11 bits per heavy atom. The topological polar surface area (TPSA) is 34.3 Å². The number of methoxy groups -OCH3 is 1. The van der Waals surface area contributed by atoms with Crippen molar-refractivity contribution in [1.29, 1.82) is 0 Å². The lowest BCUT2D eigenvalue weighted by molar-refractivity contribution is 0.199. The molecule has 1 aliphatic carbocycles. The van der Waals surface area contributed by atoms with E-state index in [9.17, 15) is 0 Å². The van der Waals surface area contributed by atoms with Crippen molar-refractivity contribution >= 4 is 0 Å². The third-order valence-corrected chi connectivity index (χ3v) is 6.58. The normalized spacial score (nSPS) is 18.9. The number of hydrogen-bond donors (Lipinski definition) is 0. The molecule has 204 valence electrons. The standard InChI is InChI=1S/C15H16.C6H12.2C4H8O.C4H10O/c1-12-3-7-14(8-4-12)11-15-9-5-13(2)6-10-15;1-2-6-4-3-5-6;2*1-2-4-3-5-4;1-3-4-5-2/h3-10H,11H2,1-2H3;6H,2-5H2,1H3;2*4H,2-3H2,1H3;3-4H2,1-2H3. The Morgan fingerprint density at radius 1 is 0.694 bits per heavy atom. The van der Waals surface area contributed by atoms with Gasteiger partial charge in [-0.2, -0.15) is 0 Å². The summed E-state index contributed by atoms with van der Waals surface area (Å²) >= 11 is 0. The van der Waals surface area contributed by atoms with Gasteiger partial charge in [0.2, 0.25) is 0 Å². The molecule has 2 aromatic rings. The molecule has 5 rings (SSSR count). The van der Waals surface area contributed by atoms with Gasteiger partial charge in [-0.05, 0) is 56.6 Å². The van der Waals surface area contributed by atoms with E-state index in [1.807, 2.05) is 0 Å². The van der Waals surface area contributed by atoms with Gasteiger partial charge in [0.05, 0.1) is 25.4 Å². The van der Waals surface area contributed by atoms with Crippen LogP contribution in [0.2, 0.25) is 0 Å². The molecule has 2 aromatic carbocycles. The highest BCUT2D eigenvalue weighted by Gasteiger charge is 2.18. The van der Waals surface area contributed by atoms with Crippen molar-refractivity contribution in [2.24, 2.45) is 5.92 Å². The molecule has 3 heteroatoms. The van der Waals surface area contributed by atoms with E-state index in [1.165, 1.54) is 60.8 Å². The molecule has 0 aromatic heterocycles. The molecule has 36 heavy (non-hydrogen) atoms. The van der Waals surface area contributed by atoms with Crippen molar-refractivity contribution < 1.29 is 14.2 Å². The van der Waals surface area contributed by atoms with Gasteiger partial charge in [-0.25, -0.2) is 0 Å². The first kappa shape index (κ1) is 32.3. The van der Waals surface area contributed by atoms with Crippen LogP contribution < -0.4 is 0 Å². The summed E-state index contributed by atoms with van der Waals surface area (Å²) in [5.74, 6) is 1.12. The molecule has 2 aliphatic heterocycles. The Balaban J connectivity index is 0.000000254. The average Bonchev–Trinajstić information content (AvgIpc) is 3.78. The number of rotatable bonds is 7. The van der Waals surface area contributed by atoms with Gasteiger partial charge in [-0.3, -0.25) is 0 Å². The van der Waals surface area contributed by atoms with E-state index in [-0.39, 0.29) is 0 Å². The van der Waals surface area contributed by atoms with Gasteiger partial charge in [0.1, 0.15) is 0 Å². The highest BCUT2D eigenvalue weighted by Crippen LogP contribution is 2.28. The summed E-state index contributed by atoms with van der Waals surface area (Å²) in [6.07, 6.45) is 11.7. The first-order chi connectivity index (χ1) is 17.4. The summed E-state index contributed by atoms with van der Waals surface area (Å²) in [4.78, 5) is 0. The van der Waals surface area contributed by atoms with Crippen LogP contribution in [0.15, 0.2) is 48.5 Å². The van der Waals surface area contributed by atoms with E-state index in [1.54, 1.807) is 7.11 Å². The highest BCUT2D eigenvalue weighted by atomic mass is 16.6. The second-order valence-electron chi connectivity index (χ2n) is 10.1. The zero-order valence-corrected chi connectivity index (χ0v) is 24.4. The largest absolute Gasteiger partial charge is 0.385 e. The minimum Gasteiger partial charge on any atom is -0.385 e. The number of hydrogen-bond acceptors (Lipinski definition) is 3. The number of epoxide rings is 2. The predicted molar refractivity (Wildman–Crippen MR) is 155 cm³/mol. The first-order valence-electron chi connectivity index (χ1n) is 14.3. The average molecular weight is 499 g/mol. The molecule has 0 amide bonds. The Morgan fingerprint density at radius 3 is 1.25 bits per heavy atom. The van der Waals surface area contributed by atoms with Crippen LogP contribution in [0.5, 0.6) is 0 Å². The van der Waals surface area contributed by atoms with Crippen molar-refractivity contribution in [3.05, 3.63) is 70.8 Å². The smallest absolute Gasteiger partial charge is 0.0807 e. The molecule has 2 atom stereocenters. The molecular formula is C33H54O3. The summed E-state index contributed by atoms with van der Waals surface area (Å²) in [5, 5.41) is 0. The minimum atomic E-state index is 0.634. The fraction of sp³-hybridized carbons (Fsp3) is 0.636. The maximum atomic E-state index is 4.86. The third-order valence-electron chi connectivity index (χ3n) is 6.58. The summed E-state index contributed by atoms with van der Waals surface area (Å²) in [6.45, 7) is 15.8. The van der Waals surface area contributed by atoms with Crippen molar-refractivity contribution in [3.63, 3.8) is 0 Å². The van der Waals surface area contributed by atoms with Crippen molar-refractivity contribution in [1.82, 2.24) is 0 Å². The van der Waals surface area contributed by atoms with Crippen LogP contribution in [-0.2, 0) is 20.6 Å². The number of ether oxygens (including phenoxy) is 3. The van der Waals surface area contributed by atoms with Crippen molar-refractivity contribution in [2.75, 3.05) is 26.9 Å². The Bertz CT molecular complexity index is 681. The summed E-state index contributed by atoms with van der Waals surface area (Å²) in [6, 6.07) is 17.5. The highest BCUT2D eigenvalue weighted by molar-refractivity contribution is 5.29. The molecule has 2 heterocycles. The van der Waals surface area contributed by atoms with E-state index in [0.29, 0.717) is 12.2 Å². The Kier molecular flexibility index (Phi) is 18.3. The van der Waals surface area contributed by atoms with Gasteiger partial charge in [0.25, 0.3) is 0 Å². The van der Waals surface area contributed by atoms with Crippen LogP contribution in [0.25, 0.3) is 0 Å². The lowest BCUT2D eigenvalue weighted by Crippen LogP contribution is -2.08. The van der Waals surface area contributed by atoms with E-state index < -0.39 is 0 Å². The van der Waals surface area contributed by atoms with Crippen LogP contribution in [0.3, 0.4) is 0 Å². The van der Waals surface area contributed by atoms with Crippen LogP contribution in [0, 0.1) is 19.8 Å². The zero-order chi connectivity index (χ0) is 26.6. The molecule has 3 aliphatic rings. The second-order valence-corrected chi connectivity index (χ2v) is 10.1. The fourth-order valence-corrected chi connectivity index (χ4v) is 3.36. The summed E-state index contributed by atoms with van der Waals surface area (Å²) in [5.41, 5.74) is 5.40. The molecule has 0 radical (unpaired) electrons. The molecular weight excluding hydrogens is 444 g/mol. The van der Waals surface area contributed by atoms with Crippen molar-refractivity contribution in [2.45, 2.75) is 105 Å². The second kappa shape index (κ2) is 20.4. The SMILES string of the molecule is CCC1CCC1.CCC1CO1.CCC1CO1.CCCOC.Cc1ccc(Cc2ccc(C)cc2)cc1. The lowest BCUT2D eigenvalue weighted by atomic mass is 9.84. The van der Waals surface area contributed by atoms with Gasteiger partial charge < -0.3 is 14.2 Å². The van der Waals surface area contributed by atoms with Crippen LogP contribution in [-0.4, -0.2) is 39.1 Å². The lowest BCUT2D eigenvalue weighted by Gasteiger charge is -2.22. The summed E-state index contributed by atoms with van der Waals surface area (Å²) in [7, 11) is 1.71. The van der Waals surface area contributed by atoms with E-state index in [0.717, 1.165) is 38.6 Å². The molecule has 3 nitrogen and oxygen atoms in total. The van der Waals surface area contributed by atoms with Gasteiger partial charge in [0.15, 0.2) is 0 Å². The third kappa shape index (κ3) is 17.7. The van der Waals surface area contributed by atoms with Gasteiger partial charge in [-0.1, -0.05) is 113 Å². The monoisotopic (exact) mass is 498 g/mol. The molecule has 2 saturated heterocycles. The Labute approximate surface area is 222 Å². The van der Waals surface area contributed by atoms with E-state index in [4.69, 9.17) is 14.2 Å². The number of benzene rings is 2. The fourth-order valence-electron chi connectivity index (χ4n) is 3.36. The maximum Gasteiger partial charge on any atom is 0.0807 e. The first-order valence-corrected chi connectivity index (χ1v) is 14.3. The van der Waals surface area contributed by atoms with E-state index >= 15 is 0 Å². The van der Waals surface area contributed by atoms with Crippen LogP contribution in [0.4, 0.5) is 0 Å². The molecule has 0 N–H and O–H groups in total. The van der Waals surface area contributed by atoms with E-state index in [2.05, 4.69) is 90.1 Å². The van der Waals surface area contributed by atoms with Crippen molar-refractivity contribution in [3.8, 4) is 0 Å². The summed E-state index contributed by atoms with van der Waals surface area (Å²) < 4.78 is 14.4. The molecule has 2 unspecified atom stereocenters. The minimum absolute atomic E-state index is 0.634. The molecule has 1 saturated carbocycles. The van der Waals surface area contributed by atoms with Gasteiger partial charge in [-0.15, -0.1) is 0 Å². The van der Waals surface area contributed by atoms with Gasteiger partial charge in [0, 0.05) is 13.7 Å². The maximum absolute atomic E-state index is 4.86. The molecule has 0 spiro atoms. The quantitative estimate of drug-likeness (QED) is 0.358.